The molecule has 0 aromatic carbocycles. The number of carbonyl (C=O) groups excluding carboxylic acids is 1. The molecule has 11 heteroatoms. The van der Waals surface area contributed by atoms with E-state index in [0.717, 1.165) is 25.0 Å². The Kier molecular flexibility index (Phi) is 5.43. The van der Waals surface area contributed by atoms with Crippen molar-refractivity contribution < 1.29 is 18.7 Å². The highest BCUT2D eigenvalue weighted by atomic mass is 19.3. The molecule has 1 unspecified atom stereocenters. The van der Waals surface area contributed by atoms with Crippen molar-refractivity contribution in [2.24, 2.45) is 0 Å². The van der Waals surface area contributed by atoms with Crippen LogP contribution in [0.15, 0.2) is 36.3 Å². The van der Waals surface area contributed by atoms with Crippen molar-refractivity contribution >= 4 is 23.2 Å². The van der Waals surface area contributed by atoms with E-state index in [1.165, 1.54) is 10.7 Å². The van der Waals surface area contributed by atoms with E-state index in [2.05, 4.69) is 30.9 Å². The third kappa shape index (κ3) is 4.01. The molecule has 2 fully saturated rings. The van der Waals surface area contributed by atoms with Crippen LogP contribution < -0.4 is 16.0 Å². The van der Waals surface area contributed by atoms with E-state index in [-0.39, 0.29) is 36.2 Å². The van der Waals surface area contributed by atoms with Crippen LogP contribution in [0.4, 0.5) is 20.4 Å². The predicted molar refractivity (Wildman–Crippen MR) is 119 cm³/mol. The second kappa shape index (κ2) is 8.29. The number of hydrogen-bond acceptors (Lipinski definition) is 7. The summed E-state index contributed by atoms with van der Waals surface area (Å²) < 4.78 is 28.7. The Labute approximate surface area is 189 Å². The number of aromatic nitrogens is 3. The van der Waals surface area contributed by atoms with Crippen LogP contribution in [0.3, 0.4) is 0 Å². The van der Waals surface area contributed by atoms with E-state index in [1.54, 1.807) is 13.1 Å². The molecule has 176 valence electrons. The predicted octanol–water partition coefficient (Wildman–Crippen LogP) is 2.34. The van der Waals surface area contributed by atoms with Gasteiger partial charge in [-0.15, -0.1) is 0 Å². The summed E-state index contributed by atoms with van der Waals surface area (Å²) >= 11 is 0. The Bertz CT molecular complexity index is 1130. The van der Waals surface area contributed by atoms with Crippen molar-refractivity contribution in [3.05, 3.63) is 41.9 Å². The van der Waals surface area contributed by atoms with Crippen molar-refractivity contribution in [3.63, 3.8) is 0 Å². The summed E-state index contributed by atoms with van der Waals surface area (Å²) in [5.41, 5.74) is 1.28. The Morgan fingerprint density at radius 2 is 2.15 bits per heavy atom. The van der Waals surface area contributed by atoms with Crippen LogP contribution in [-0.4, -0.2) is 68.2 Å². The van der Waals surface area contributed by atoms with Gasteiger partial charge >= 0.3 is 0 Å². The fraction of sp³-hybridized carbons (Fsp3) is 0.500. The first-order valence-corrected chi connectivity index (χ1v) is 11.2. The molecule has 0 spiro atoms. The monoisotopic (exact) mass is 459 g/mol. The highest BCUT2D eigenvalue weighted by Crippen LogP contribution is 2.37. The normalized spacial score (nSPS) is 26.1. The number of nitrogens with one attached hydrogen (secondary N) is 3. The average Bonchev–Trinajstić information content (AvgIpc) is 3.42. The van der Waals surface area contributed by atoms with Crippen LogP contribution in [0.1, 0.15) is 42.5 Å². The number of anilines is 2. The Morgan fingerprint density at radius 1 is 1.30 bits per heavy atom. The minimum atomic E-state index is -2.88. The molecule has 33 heavy (non-hydrogen) atoms. The van der Waals surface area contributed by atoms with Crippen molar-refractivity contribution in [1.82, 2.24) is 24.8 Å². The lowest BCUT2D eigenvalue weighted by Crippen LogP contribution is -2.55. The van der Waals surface area contributed by atoms with Gasteiger partial charge in [-0.25, -0.2) is 13.8 Å². The maximum absolute atomic E-state index is 13.6. The molecule has 3 aliphatic rings. The van der Waals surface area contributed by atoms with Gasteiger partial charge in [0.25, 0.3) is 11.8 Å². The molecule has 1 amide bonds. The second-order valence-corrected chi connectivity index (χ2v) is 8.79. The minimum absolute atomic E-state index is 0.0878. The van der Waals surface area contributed by atoms with Gasteiger partial charge in [-0.3, -0.25) is 4.79 Å². The summed E-state index contributed by atoms with van der Waals surface area (Å²) in [6.45, 7) is 0.587. The molecule has 0 radical (unpaired) electrons. The van der Waals surface area contributed by atoms with Gasteiger partial charge in [0, 0.05) is 25.2 Å². The quantitative estimate of drug-likeness (QED) is 0.525. The number of carbonyl (C=O) groups is 1. The molecule has 0 saturated heterocycles. The van der Waals surface area contributed by atoms with E-state index >= 15 is 0 Å². The Morgan fingerprint density at radius 3 is 2.82 bits per heavy atom. The first-order valence-electron chi connectivity index (χ1n) is 11.2. The smallest absolute Gasteiger partial charge is 0.267 e. The van der Waals surface area contributed by atoms with E-state index in [9.17, 15) is 18.7 Å². The zero-order valence-corrected chi connectivity index (χ0v) is 18.3. The van der Waals surface area contributed by atoms with E-state index in [4.69, 9.17) is 0 Å². The number of amides is 1. The summed E-state index contributed by atoms with van der Waals surface area (Å²) in [7, 11) is 1.72. The first kappa shape index (κ1) is 21.6. The lowest BCUT2D eigenvalue weighted by Gasteiger charge is -2.36. The molecule has 2 aromatic rings. The molecule has 2 aromatic heterocycles. The van der Waals surface area contributed by atoms with Crippen LogP contribution in [0.2, 0.25) is 0 Å². The van der Waals surface area contributed by atoms with E-state index < -0.39 is 17.9 Å². The molecule has 4 N–H and O–H groups in total. The molecular formula is C22H27F2N7O2. The maximum atomic E-state index is 13.6. The fourth-order valence-electron chi connectivity index (χ4n) is 4.64. The topological polar surface area (TPSA) is 107 Å². The van der Waals surface area contributed by atoms with Crippen LogP contribution >= 0.6 is 0 Å². The van der Waals surface area contributed by atoms with Crippen molar-refractivity contribution in [2.75, 3.05) is 24.2 Å². The van der Waals surface area contributed by atoms with Crippen LogP contribution in [0, 0.1) is 0 Å². The molecule has 9 nitrogen and oxygen atoms in total. The standard InChI is InChI=1S/C22H27F2N7O2/c1-25-19-10-18(27-13-4-3-9-30(12-13)15-5-2-6-16(15)32)29-20-14(11-26-31(19)20)21(33)28-17-7-8-22(17,23)24/h3-4,9-11,15-17,25,32H,2,5-8,12H2,1H3,(H,27,29)(H,28,33)/t15-,16+,17?/m1/s1. The summed E-state index contributed by atoms with van der Waals surface area (Å²) in [5, 5.41) is 23.2. The summed E-state index contributed by atoms with van der Waals surface area (Å²) in [6, 6.07) is 0.682. The molecule has 2 aliphatic carbocycles. The zero-order chi connectivity index (χ0) is 23.2. The number of aliphatic hydroxyl groups excluding tert-OH is 1. The van der Waals surface area contributed by atoms with Gasteiger partial charge in [0.15, 0.2) is 5.65 Å². The number of hydrogen-bond donors (Lipinski definition) is 4. The molecule has 0 bridgehead atoms. The number of nitrogens with zero attached hydrogens (tertiary/aromatic N) is 4. The largest absolute Gasteiger partial charge is 0.391 e. The van der Waals surface area contributed by atoms with Crippen LogP contribution in [0.5, 0.6) is 0 Å². The summed E-state index contributed by atoms with van der Waals surface area (Å²) in [5.74, 6) is -2.43. The van der Waals surface area contributed by atoms with Gasteiger partial charge < -0.3 is 26.0 Å². The van der Waals surface area contributed by atoms with Gasteiger partial charge in [-0.2, -0.15) is 9.61 Å². The zero-order valence-electron chi connectivity index (χ0n) is 18.3. The van der Waals surface area contributed by atoms with Crippen LogP contribution in [0.25, 0.3) is 5.65 Å². The van der Waals surface area contributed by atoms with E-state index in [0.29, 0.717) is 18.2 Å². The van der Waals surface area contributed by atoms with E-state index in [1.807, 2.05) is 18.4 Å². The highest BCUT2D eigenvalue weighted by Gasteiger charge is 2.49. The van der Waals surface area contributed by atoms with Crippen LogP contribution in [-0.2, 0) is 0 Å². The molecule has 1 aliphatic heterocycles. The van der Waals surface area contributed by atoms with Gasteiger partial charge in [-0.1, -0.05) is 0 Å². The SMILES string of the molecule is CNc1cc(NC2=CC=CN([C@@H]3CCC[C@@H]3O)C2)nc2c(C(=O)NC3CCC3(F)F)cnn12. The molecule has 2 saturated carbocycles. The molecule has 3 atom stereocenters. The molecule has 3 heterocycles. The van der Waals surface area contributed by atoms with Gasteiger partial charge in [0.05, 0.1) is 30.9 Å². The number of rotatable bonds is 6. The average molecular weight is 460 g/mol. The summed E-state index contributed by atoms with van der Waals surface area (Å²) in [6.07, 6.45) is 9.62. The van der Waals surface area contributed by atoms with Crippen molar-refractivity contribution in [1.29, 1.82) is 0 Å². The maximum Gasteiger partial charge on any atom is 0.267 e. The van der Waals surface area contributed by atoms with Crippen molar-refractivity contribution in [3.8, 4) is 0 Å². The Balaban J connectivity index is 1.37. The second-order valence-electron chi connectivity index (χ2n) is 8.79. The lowest BCUT2D eigenvalue weighted by molar-refractivity contribution is -0.102. The van der Waals surface area contributed by atoms with Gasteiger partial charge in [0.1, 0.15) is 17.2 Å². The lowest BCUT2D eigenvalue weighted by atomic mass is 9.88. The molecule has 5 rings (SSSR count). The number of fused-ring (bicyclic) bond motifs is 1. The summed E-state index contributed by atoms with van der Waals surface area (Å²) in [4.78, 5) is 19.4. The van der Waals surface area contributed by atoms with Gasteiger partial charge in [0.2, 0.25) is 0 Å². The van der Waals surface area contributed by atoms with Crippen molar-refractivity contribution in [2.45, 2.75) is 56.2 Å². The third-order valence-corrected chi connectivity index (χ3v) is 6.64. The van der Waals surface area contributed by atoms with Gasteiger partial charge in [-0.05, 0) is 44.0 Å². The fourth-order valence-corrected chi connectivity index (χ4v) is 4.64. The Hall–Kier alpha value is -3.21. The molecular weight excluding hydrogens is 432 g/mol. The number of alkyl halides is 2. The minimum Gasteiger partial charge on any atom is -0.391 e. The number of halogens is 2. The third-order valence-electron chi connectivity index (χ3n) is 6.64. The number of allylic oxidation sites excluding steroid dienone is 2. The number of aliphatic hydroxyl groups is 1. The highest BCUT2D eigenvalue weighted by molar-refractivity contribution is 6.00. The first-order chi connectivity index (χ1) is 15.9.